The first kappa shape index (κ1) is 12.7. The van der Waals surface area contributed by atoms with Crippen LogP contribution in [-0.2, 0) is 0 Å². The maximum atomic E-state index is 5.89. The minimum Gasteiger partial charge on any atom is -0.459 e. The molecule has 0 saturated carbocycles. The Morgan fingerprint density at radius 2 is 2.22 bits per heavy atom. The van der Waals surface area contributed by atoms with Crippen LogP contribution in [-0.4, -0.2) is 7.05 Å². The summed E-state index contributed by atoms with van der Waals surface area (Å²) in [5, 5.41) is 4.46. The highest BCUT2D eigenvalue weighted by molar-refractivity contribution is 5.78. The fourth-order valence-corrected chi connectivity index (χ4v) is 2.19. The van der Waals surface area contributed by atoms with Crippen LogP contribution in [0, 0.1) is 19.3 Å². The number of terminal acetylenes is 1. The van der Waals surface area contributed by atoms with Gasteiger partial charge in [0.25, 0.3) is 0 Å². The van der Waals surface area contributed by atoms with Gasteiger partial charge in [-0.1, -0.05) is 11.6 Å². The van der Waals surface area contributed by atoms with Gasteiger partial charge in [0.05, 0.1) is 6.04 Å². The summed E-state index contributed by atoms with van der Waals surface area (Å²) in [7, 11) is 1.96. The van der Waals surface area contributed by atoms with E-state index in [4.69, 9.17) is 10.8 Å². The van der Waals surface area contributed by atoms with Crippen LogP contribution in [0.2, 0.25) is 0 Å². The Labute approximate surface area is 108 Å². The average Bonchev–Trinajstić information content (AvgIpc) is 2.77. The van der Waals surface area contributed by atoms with Crippen LogP contribution < -0.4 is 5.32 Å². The highest BCUT2D eigenvalue weighted by Gasteiger charge is 2.14. The van der Waals surface area contributed by atoms with Crippen LogP contribution in [0.15, 0.2) is 28.7 Å². The zero-order chi connectivity index (χ0) is 13.0. The van der Waals surface area contributed by atoms with Gasteiger partial charge in [-0.25, -0.2) is 0 Å². The molecule has 2 rings (SSSR count). The van der Waals surface area contributed by atoms with E-state index < -0.39 is 0 Å². The molecular formula is C16H19NO. The molecule has 2 nitrogen and oxygen atoms in total. The van der Waals surface area contributed by atoms with E-state index in [9.17, 15) is 0 Å². The summed E-state index contributed by atoms with van der Waals surface area (Å²) in [5.41, 5.74) is 2.20. The van der Waals surface area contributed by atoms with Crippen molar-refractivity contribution in [3.8, 4) is 12.3 Å². The quantitative estimate of drug-likeness (QED) is 0.636. The zero-order valence-electron chi connectivity index (χ0n) is 11.0. The molecule has 0 amide bonds. The van der Waals surface area contributed by atoms with Gasteiger partial charge < -0.3 is 9.73 Å². The van der Waals surface area contributed by atoms with E-state index in [1.807, 2.05) is 13.1 Å². The molecule has 0 aliphatic rings. The first-order valence-electron chi connectivity index (χ1n) is 6.35. The number of benzene rings is 1. The van der Waals surface area contributed by atoms with Gasteiger partial charge in [0.15, 0.2) is 0 Å². The molecule has 94 valence electrons. The molecule has 1 aromatic heterocycles. The van der Waals surface area contributed by atoms with Crippen molar-refractivity contribution in [2.45, 2.75) is 32.2 Å². The number of unbranched alkanes of at least 4 members (excludes halogenated alkanes) is 1. The van der Waals surface area contributed by atoms with Crippen LogP contribution in [0.1, 0.15) is 36.6 Å². The molecule has 0 aliphatic carbocycles. The van der Waals surface area contributed by atoms with Crippen molar-refractivity contribution in [3.05, 3.63) is 35.6 Å². The third-order valence-corrected chi connectivity index (χ3v) is 3.20. The lowest BCUT2D eigenvalue weighted by Crippen LogP contribution is -2.15. The number of nitrogens with one attached hydrogen (secondary N) is 1. The zero-order valence-corrected chi connectivity index (χ0v) is 11.0. The maximum absolute atomic E-state index is 5.89. The second-order valence-corrected chi connectivity index (χ2v) is 4.63. The molecule has 1 heterocycles. The Bertz CT molecular complexity index is 562. The van der Waals surface area contributed by atoms with Crippen molar-refractivity contribution >= 4 is 11.0 Å². The van der Waals surface area contributed by atoms with Crippen molar-refractivity contribution in [1.29, 1.82) is 0 Å². The van der Waals surface area contributed by atoms with Gasteiger partial charge in [-0.05, 0) is 45.0 Å². The van der Waals surface area contributed by atoms with Gasteiger partial charge in [0, 0.05) is 11.8 Å². The highest BCUT2D eigenvalue weighted by atomic mass is 16.3. The fourth-order valence-electron chi connectivity index (χ4n) is 2.19. The maximum Gasteiger partial charge on any atom is 0.134 e. The second kappa shape index (κ2) is 5.75. The average molecular weight is 241 g/mol. The van der Waals surface area contributed by atoms with E-state index in [1.54, 1.807) is 0 Å². The lowest BCUT2D eigenvalue weighted by molar-refractivity contribution is 0.426. The summed E-state index contributed by atoms with van der Waals surface area (Å²) in [6.45, 7) is 2.09. The van der Waals surface area contributed by atoms with Gasteiger partial charge in [0.1, 0.15) is 11.3 Å². The smallest absolute Gasteiger partial charge is 0.134 e. The topological polar surface area (TPSA) is 25.2 Å². The Balaban J connectivity index is 2.20. The summed E-state index contributed by atoms with van der Waals surface area (Å²) in [6, 6.07) is 8.62. The van der Waals surface area contributed by atoms with Gasteiger partial charge in [-0.3, -0.25) is 0 Å². The molecule has 0 aliphatic heterocycles. The predicted octanol–water partition coefficient (Wildman–Crippen LogP) is 3.81. The number of fused-ring (bicyclic) bond motifs is 1. The summed E-state index contributed by atoms with van der Waals surface area (Å²) in [6.07, 6.45) is 8.11. The Morgan fingerprint density at radius 1 is 1.39 bits per heavy atom. The van der Waals surface area contributed by atoms with Crippen molar-refractivity contribution in [3.63, 3.8) is 0 Å². The third kappa shape index (κ3) is 2.75. The van der Waals surface area contributed by atoms with Crippen LogP contribution >= 0.6 is 0 Å². The molecule has 2 heteroatoms. The molecule has 0 bridgehead atoms. The van der Waals surface area contributed by atoms with E-state index in [0.717, 1.165) is 30.6 Å². The molecule has 1 atom stereocenters. The van der Waals surface area contributed by atoms with E-state index in [-0.39, 0.29) is 6.04 Å². The molecule has 0 saturated heterocycles. The summed E-state index contributed by atoms with van der Waals surface area (Å²) in [5.74, 6) is 3.67. The Morgan fingerprint density at radius 3 is 2.94 bits per heavy atom. The number of hydrogen-bond donors (Lipinski definition) is 1. The molecule has 0 fully saturated rings. The Hall–Kier alpha value is -1.72. The third-order valence-electron chi connectivity index (χ3n) is 3.20. The first-order valence-corrected chi connectivity index (χ1v) is 6.35. The van der Waals surface area contributed by atoms with E-state index in [2.05, 4.69) is 36.4 Å². The van der Waals surface area contributed by atoms with Crippen molar-refractivity contribution < 1.29 is 4.42 Å². The second-order valence-electron chi connectivity index (χ2n) is 4.63. The minimum absolute atomic E-state index is 0.242. The SMILES string of the molecule is C#CCCCC(NC)c1cc2cc(C)ccc2o1. The van der Waals surface area contributed by atoms with Crippen LogP contribution in [0.5, 0.6) is 0 Å². The molecule has 0 spiro atoms. The number of rotatable bonds is 5. The molecule has 0 radical (unpaired) electrons. The molecule has 1 unspecified atom stereocenters. The van der Waals surface area contributed by atoms with Gasteiger partial charge in [0.2, 0.25) is 0 Å². The largest absolute Gasteiger partial charge is 0.459 e. The standard InChI is InChI=1S/C16H19NO/c1-4-5-6-7-14(17-3)16-11-13-10-12(2)8-9-15(13)18-16/h1,8-11,14,17H,5-7H2,2-3H3. The predicted molar refractivity (Wildman–Crippen MR) is 75.4 cm³/mol. The summed E-state index contributed by atoms with van der Waals surface area (Å²) >= 11 is 0. The van der Waals surface area contributed by atoms with Crippen molar-refractivity contribution in [2.24, 2.45) is 0 Å². The van der Waals surface area contributed by atoms with Crippen LogP contribution in [0.3, 0.4) is 0 Å². The fraction of sp³-hybridized carbons (Fsp3) is 0.375. The highest BCUT2D eigenvalue weighted by Crippen LogP contribution is 2.27. The number of hydrogen-bond acceptors (Lipinski definition) is 2. The van der Waals surface area contributed by atoms with Gasteiger partial charge >= 0.3 is 0 Å². The molecular weight excluding hydrogens is 222 g/mol. The van der Waals surface area contributed by atoms with Crippen LogP contribution in [0.4, 0.5) is 0 Å². The van der Waals surface area contributed by atoms with E-state index in [1.165, 1.54) is 10.9 Å². The minimum atomic E-state index is 0.242. The number of aryl methyl sites for hydroxylation is 1. The summed E-state index contributed by atoms with van der Waals surface area (Å²) < 4.78 is 5.89. The lowest BCUT2D eigenvalue weighted by Gasteiger charge is -2.12. The Kier molecular flexibility index (Phi) is 4.07. The molecule has 1 aromatic carbocycles. The van der Waals surface area contributed by atoms with Crippen molar-refractivity contribution in [1.82, 2.24) is 5.32 Å². The molecule has 1 N–H and O–H groups in total. The molecule has 18 heavy (non-hydrogen) atoms. The van der Waals surface area contributed by atoms with Crippen LogP contribution in [0.25, 0.3) is 11.0 Å². The monoisotopic (exact) mass is 241 g/mol. The summed E-state index contributed by atoms with van der Waals surface area (Å²) in [4.78, 5) is 0. The van der Waals surface area contributed by atoms with Gasteiger partial charge in [-0.15, -0.1) is 12.3 Å². The van der Waals surface area contributed by atoms with Gasteiger partial charge in [-0.2, -0.15) is 0 Å². The lowest BCUT2D eigenvalue weighted by atomic mass is 10.1. The van der Waals surface area contributed by atoms with E-state index >= 15 is 0 Å². The molecule has 2 aromatic rings. The van der Waals surface area contributed by atoms with Crippen molar-refractivity contribution in [2.75, 3.05) is 7.05 Å². The van der Waals surface area contributed by atoms with E-state index in [0.29, 0.717) is 0 Å². The number of furan rings is 1. The first-order chi connectivity index (χ1) is 8.74. The normalized spacial score (nSPS) is 12.5.